The van der Waals surface area contributed by atoms with Crippen LogP contribution >= 0.6 is 0 Å². The lowest BCUT2D eigenvalue weighted by molar-refractivity contribution is -0.120. The lowest BCUT2D eigenvalue weighted by Crippen LogP contribution is -2.23. The summed E-state index contributed by atoms with van der Waals surface area (Å²) in [4.78, 5) is 23.4. The number of terminal acetylenes is 1. The van der Waals surface area contributed by atoms with Gasteiger partial charge < -0.3 is 5.32 Å². The summed E-state index contributed by atoms with van der Waals surface area (Å²) in [6.07, 6.45) is 8.80. The predicted octanol–water partition coefficient (Wildman–Crippen LogP) is 1.89. The molecule has 0 unspecified atom stereocenters. The van der Waals surface area contributed by atoms with Gasteiger partial charge in [-0.05, 0) is 36.5 Å². The molecule has 2 rings (SSSR count). The van der Waals surface area contributed by atoms with Gasteiger partial charge in [-0.2, -0.15) is 0 Å². The summed E-state index contributed by atoms with van der Waals surface area (Å²) in [6.45, 7) is 0.214. The van der Waals surface area contributed by atoms with Crippen LogP contribution in [0.25, 0.3) is 0 Å². The van der Waals surface area contributed by atoms with Gasteiger partial charge in [0.25, 0.3) is 0 Å². The van der Waals surface area contributed by atoms with E-state index in [0.717, 1.165) is 12.8 Å². The largest absolute Gasteiger partial charge is 0.345 e. The van der Waals surface area contributed by atoms with Gasteiger partial charge in [0.05, 0.1) is 6.54 Å². The molecule has 0 spiro atoms. The fourth-order valence-corrected chi connectivity index (χ4v) is 2.35. The van der Waals surface area contributed by atoms with Crippen LogP contribution < -0.4 is 5.32 Å². The first kappa shape index (κ1) is 13.4. The average Bonchev–Trinajstić information content (AvgIpc) is 2.89. The van der Waals surface area contributed by atoms with Crippen molar-refractivity contribution in [2.75, 3.05) is 6.54 Å². The van der Waals surface area contributed by atoms with Crippen molar-refractivity contribution in [2.45, 2.75) is 32.1 Å². The van der Waals surface area contributed by atoms with Gasteiger partial charge in [0, 0.05) is 18.4 Å². The highest BCUT2D eigenvalue weighted by Gasteiger charge is 2.14. The van der Waals surface area contributed by atoms with Gasteiger partial charge in [-0.3, -0.25) is 9.59 Å². The summed E-state index contributed by atoms with van der Waals surface area (Å²) in [7, 11) is 0. The SMILES string of the molecule is C#CCNC(=O)CCC(=O)c1ccc2c(c1)CCC2. The fraction of sp³-hybridized carbons (Fsp3) is 0.375. The molecule has 0 bridgehead atoms. The zero-order chi connectivity index (χ0) is 13.7. The summed E-state index contributed by atoms with van der Waals surface area (Å²) in [5.41, 5.74) is 3.34. The molecule has 3 heteroatoms. The maximum absolute atomic E-state index is 12.0. The molecule has 0 radical (unpaired) electrons. The molecule has 1 amide bonds. The summed E-state index contributed by atoms with van der Waals surface area (Å²) < 4.78 is 0. The Morgan fingerprint density at radius 1 is 1.21 bits per heavy atom. The topological polar surface area (TPSA) is 46.2 Å². The molecule has 1 aromatic carbocycles. The number of amides is 1. The van der Waals surface area contributed by atoms with E-state index in [1.807, 2.05) is 18.2 Å². The van der Waals surface area contributed by atoms with Crippen LogP contribution in [-0.4, -0.2) is 18.2 Å². The van der Waals surface area contributed by atoms with Crippen molar-refractivity contribution in [1.82, 2.24) is 5.32 Å². The molecule has 3 nitrogen and oxygen atoms in total. The van der Waals surface area contributed by atoms with Gasteiger partial charge >= 0.3 is 0 Å². The maximum Gasteiger partial charge on any atom is 0.221 e. The number of rotatable bonds is 5. The van der Waals surface area contributed by atoms with Gasteiger partial charge in [0.15, 0.2) is 5.78 Å². The lowest BCUT2D eigenvalue weighted by Gasteiger charge is -2.04. The standard InChI is InChI=1S/C16H17NO2/c1-2-10-17-16(19)9-8-15(18)14-7-6-12-4-3-5-13(12)11-14/h1,6-7,11H,3-5,8-10H2,(H,17,19). The summed E-state index contributed by atoms with van der Waals surface area (Å²) in [5, 5.41) is 2.55. The van der Waals surface area contributed by atoms with E-state index >= 15 is 0 Å². The van der Waals surface area contributed by atoms with E-state index in [2.05, 4.69) is 11.2 Å². The molecule has 1 aromatic rings. The number of fused-ring (bicyclic) bond motifs is 1. The van der Waals surface area contributed by atoms with E-state index in [1.54, 1.807) is 0 Å². The van der Waals surface area contributed by atoms with Gasteiger partial charge in [0.2, 0.25) is 5.91 Å². The number of carbonyl (C=O) groups is 2. The smallest absolute Gasteiger partial charge is 0.221 e. The summed E-state index contributed by atoms with van der Waals surface area (Å²) >= 11 is 0. The lowest BCUT2D eigenvalue weighted by atomic mass is 10.0. The molecule has 0 saturated heterocycles. The second kappa shape index (κ2) is 6.19. The molecular formula is C16H17NO2. The van der Waals surface area contributed by atoms with Crippen LogP contribution in [0.1, 0.15) is 40.7 Å². The first-order chi connectivity index (χ1) is 9.20. The Labute approximate surface area is 113 Å². The van der Waals surface area contributed by atoms with E-state index in [-0.39, 0.29) is 31.1 Å². The Bertz CT molecular complexity index is 540. The number of aryl methyl sites for hydroxylation is 2. The van der Waals surface area contributed by atoms with E-state index in [0.29, 0.717) is 5.56 Å². The average molecular weight is 255 g/mol. The van der Waals surface area contributed by atoms with Crippen molar-refractivity contribution in [2.24, 2.45) is 0 Å². The van der Waals surface area contributed by atoms with Gasteiger partial charge in [0.1, 0.15) is 0 Å². The van der Waals surface area contributed by atoms with E-state index in [1.165, 1.54) is 17.5 Å². The minimum atomic E-state index is -0.174. The van der Waals surface area contributed by atoms with Crippen molar-refractivity contribution in [3.05, 3.63) is 34.9 Å². The maximum atomic E-state index is 12.0. The number of carbonyl (C=O) groups excluding carboxylic acids is 2. The molecule has 19 heavy (non-hydrogen) atoms. The van der Waals surface area contributed by atoms with Crippen molar-refractivity contribution in [3.8, 4) is 12.3 Å². The molecule has 1 aliphatic carbocycles. The van der Waals surface area contributed by atoms with Crippen LogP contribution in [0.3, 0.4) is 0 Å². The third-order valence-electron chi connectivity index (χ3n) is 3.39. The van der Waals surface area contributed by atoms with Crippen LogP contribution in [0.15, 0.2) is 18.2 Å². The van der Waals surface area contributed by atoms with Crippen LogP contribution in [0.2, 0.25) is 0 Å². The molecule has 1 N–H and O–H groups in total. The molecule has 0 aromatic heterocycles. The minimum absolute atomic E-state index is 0.0190. The van der Waals surface area contributed by atoms with E-state index < -0.39 is 0 Å². The van der Waals surface area contributed by atoms with Gasteiger partial charge in [-0.1, -0.05) is 18.1 Å². The molecular weight excluding hydrogens is 238 g/mol. The van der Waals surface area contributed by atoms with Crippen LogP contribution in [-0.2, 0) is 17.6 Å². The van der Waals surface area contributed by atoms with Crippen molar-refractivity contribution >= 4 is 11.7 Å². The molecule has 0 atom stereocenters. The Kier molecular flexibility index (Phi) is 4.35. The third-order valence-corrected chi connectivity index (χ3v) is 3.39. The van der Waals surface area contributed by atoms with Crippen molar-refractivity contribution in [1.29, 1.82) is 0 Å². The van der Waals surface area contributed by atoms with E-state index in [9.17, 15) is 9.59 Å². The highest BCUT2D eigenvalue weighted by Crippen LogP contribution is 2.23. The Morgan fingerprint density at radius 2 is 2.00 bits per heavy atom. The second-order valence-electron chi connectivity index (χ2n) is 4.74. The highest BCUT2D eigenvalue weighted by molar-refractivity contribution is 5.98. The highest BCUT2D eigenvalue weighted by atomic mass is 16.2. The molecule has 98 valence electrons. The monoisotopic (exact) mass is 255 g/mol. The number of hydrogen-bond donors (Lipinski definition) is 1. The zero-order valence-corrected chi connectivity index (χ0v) is 10.9. The normalized spacial score (nSPS) is 12.6. The van der Waals surface area contributed by atoms with Crippen LogP contribution in [0.4, 0.5) is 0 Å². The first-order valence-corrected chi connectivity index (χ1v) is 6.56. The predicted molar refractivity (Wildman–Crippen MR) is 73.9 cm³/mol. The minimum Gasteiger partial charge on any atom is -0.345 e. The molecule has 0 heterocycles. The quantitative estimate of drug-likeness (QED) is 0.645. The van der Waals surface area contributed by atoms with Gasteiger partial charge in [-0.25, -0.2) is 0 Å². The van der Waals surface area contributed by atoms with Crippen LogP contribution in [0, 0.1) is 12.3 Å². The first-order valence-electron chi connectivity index (χ1n) is 6.56. The molecule has 0 aliphatic heterocycles. The molecule has 0 fully saturated rings. The zero-order valence-electron chi connectivity index (χ0n) is 10.9. The van der Waals surface area contributed by atoms with Crippen molar-refractivity contribution < 1.29 is 9.59 Å². The number of ketones is 1. The second-order valence-corrected chi connectivity index (χ2v) is 4.74. The molecule has 0 saturated carbocycles. The Hall–Kier alpha value is -2.08. The van der Waals surface area contributed by atoms with Crippen LogP contribution in [0.5, 0.6) is 0 Å². The number of benzene rings is 1. The number of hydrogen-bond acceptors (Lipinski definition) is 2. The van der Waals surface area contributed by atoms with E-state index in [4.69, 9.17) is 6.42 Å². The Morgan fingerprint density at radius 3 is 2.79 bits per heavy atom. The number of nitrogens with one attached hydrogen (secondary N) is 1. The fourth-order valence-electron chi connectivity index (χ4n) is 2.35. The number of Topliss-reactive ketones (excluding diaryl/α,β-unsaturated/α-hetero) is 1. The van der Waals surface area contributed by atoms with Crippen molar-refractivity contribution in [3.63, 3.8) is 0 Å². The summed E-state index contributed by atoms with van der Waals surface area (Å²) in [6, 6.07) is 5.88. The van der Waals surface area contributed by atoms with Gasteiger partial charge in [-0.15, -0.1) is 6.42 Å². The molecule has 1 aliphatic rings. The third kappa shape index (κ3) is 3.45. The summed E-state index contributed by atoms with van der Waals surface area (Å²) in [5.74, 6) is 2.17. The Balaban J connectivity index is 1.90.